The van der Waals surface area contributed by atoms with Crippen molar-refractivity contribution in [2.24, 2.45) is 0 Å². The van der Waals surface area contributed by atoms with E-state index in [-0.39, 0.29) is 0 Å². The van der Waals surface area contributed by atoms with Crippen molar-refractivity contribution in [2.45, 2.75) is 43.1 Å². The Labute approximate surface area is 131 Å². The number of nitrogens with zero attached hydrogens (tertiary/aromatic N) is 3. The fourth-order valence-electron chi connectivity index (χ4n) is 3.40. The third-order valence-corrected chi connectivity index (χ3v) is 6.73. The molecule has 2 fully saturated rings. The number of piperazine rings is 1. The summed E-state index contributed by atoms with van der Waals surface area (Å²) in [7, 11) is -3.40. The topological polar surface area (TPSA) is 45.6 Å². The van der Waals surface area contributed by atoms with Crippen molar-refractivity contribution in [3.63, 3.8) is 0 Å². The smallest absolute Gasteiger partial charge is 0.244 e. The molecule has 2 aliphatic heterocycles. The van der Waals surface area contributed by atoms with Crippen LogP contribution in [0.4, 0.5) is 0 Å². The highest BCUT2D eigenvalue weighted by molar-refractivity contribution is 7.89. The Bertz CT molecular complexity index is 592. The molecule has 0 aliphatic carbocycles. The molecule has 1 aromatic rings. The maximum absolute atomic E-state index is 12.8. The van der Waals surface area contributed by atoms with Gasteiger partial charge in [0.25, 0.3) is 0 Å². The van der Waals surface area contributed by atoms with E-state index in [4.69, 9.17) is 11.6 Å². The first kappa shape index (κ1) is 15.3. The first-order chi connectivity index (χ1) is 10.1. The Balaban J connectivity index is 1.84. The van der Waals surface area contributed by atoms with Gasteiger partial charge in [-0.15, -0.1) is 11.6 Å². The Morgan fingerprint density at radius 2 is 2.14 bits per heavy atom. The van der Waals surface area contributed by atoms with E-state index < -0.39 is 10.0 Å². The largest absolute Gasteiger partial charge is 0.349 e. The Morgan fingerprint density at radius 3 is 2.81 bits per heavy atom. The van der Waals surface area contributed by atoms with Gasteiger partial charge in [-0.3, -0.25) is 4.90 Å². The molecule has 3 rings (SSSR count). The Kier molecular flexibility index (Phi) is 4.32. The molecule has 0 spiro atoms. The van der Waals surface area contributed by atoms with Crippen LogP contribution in [0.3, 0.4) is 0 Å². The zero-order chi connectivity index (χ0) is 15.0. The summed E-state index contributed by atoms with van der Waals surface area (Å²) < 4.78 is 29.2. The number of rotatable bonds is 4. The van der Waals surface area contributed by atoms with E-state index in [1.165, 1.54) is 6.42 Å². The van der Waals surface area contributed by atoms with Gasteiger partial charge in [0, 0.05) is 44.1 Å². The zero-order valence-corrected chi connectivity index (χ0v) is 13.9. The number of aryl methyl sites for hydroxylation is 1. The summed E-state index contributed by atoms with van der Waals surface area (Å²) in [6.07, 6.45) is 4.00. The van der Waals surface area contributed by atoms with E-state index in [2.05, 4.69) is 4.90 Å². The van der Waals surface area contributed by atoms with Gasteiger partial charge in [0.2, 0.25) is 10.0 Å². The summed E-state index contributed by atoms with van der Waals surface area (Å²) in [5.74, 6) is 0.333. The molecule has 0 saturated carbocycles. The molecule has 21 heavy (non-hydrogen) atoms. The lowest BCUT2D eigenvalue weighted by Gasteiger charge is -2.36. The van der Waals surface area contributed by atoms with Crippen molar-refractivity contribution in [2.75, 3.05) is 26.2 Å². The molecule has 0 N–H and O–H groups in total. The fraction of sp³-hybridized carbons (Fsp3) is 0.714. The zero-order valence-electron chi connectivity index (χ0n) is 12.3. The Hall–Kier alpha value is -0.560. The van der Waals surface area contributed by atoms with Gasteiger partial charge < -0.3 is 4.57 Å². The number of sulfonamides is 1. The molecule has 0 aromatic carbocycles. The summed E-state index contributed by atoms with van der Waals surface area (Å²) in [6.45, 7) is 5.89. The monoisotopic (exact) mass is 331 g/mol. The molecular weight excluding hydrogens is 310 g/mol. The fourth-order valence-corrected chi connectivity index (χ4v) is 5.17. The van der Waals surface area contributed by atoms with Crippen LogP contribution in [0, 0.1) is 0 Å². The molecule has 0 bridgehead atoms. The maximum atomic E-state index is 12.8. The molecule has 7 heteroatoms. The number of halogens is 1. The predicted octanol–water partition coefficient (Wildman–Crippen LogP) is 1.72. The molecule has 1 atom stereocenters. The molecule has 3 heterocycles. The highest BCUT2D eigenvalue weighted by Crippen LogP contribution is 2.27. The summed E-state index contributed by atoms with van der Waals surface area (Å²) in [5.41, 5.74) is 0.859. The van der Waals surface area contributed by atoms with Crippen LogP contribution in [0.5, 0.6) is 0 Å². The molecule has 2 aliphatic rings. The minimum atomic E-state index is -3.40. The lowest BCUT2D eigenvalue weighted by atomic mass is 10.2. The van der Waals surface area contributed by atoms with Gasteiger partial charge >= 0.3 is 0 Å². The Morgan fingerprint density at radius 1 is 1.33 bits per heavy atom. The van der Waals surface area contributed by atoms with Crippen molar-refractivity contribution in [3.05, 3.63) is 18.0 Å². The van der Waals surface area contributed by atoms with Crippen LogP contribution < -0.4 is 0 Å². The number of hydrogen-bond donors (Lipinski definition) is 0. The van der Waals surface area contributed by atoms with Crippen LogP contribution in [0.1, 0.15) is 25.5 Å². The van der Waals surface area contributed by atoms with Gasteiger partial charge in [-0.2, -0.15) is 4.31 Å². The average molecular weight is 332 g/mol. The molecule has 0 radical (unpaired) electrons. The lowest BCUT2D eigenvalue weighted by molar-refractivity contribution is 0.158. The lowest BCUT2D eigenvalue weighted by Crippen LogP contribution is -2.51. The van der Waals surface area contributed by atoms with Crippen LogP contribution in [-0.4, -0.2) is 54.4 Å². The highest BCUT2D eigenvalue weighted by atomic mass is 35.5. The normalized spacial score (nSPS) is 24.4. The minimum Gasteiger partial charge on any atom is -0.349 e. The first-order valence-electron chi connectivity index (χ1n) is 7.55. The molecule has 0 amide bonds. The van der Waals surface area contributed by atoms with E-state index in [0.29, 0.717) is 29.9 Å². The van der Waals surface area contributed by atoms with Crippen LogP contribution in [-0.2, 0) is 22.4 Å². The molecule has 5 nitrogen and oxygen atoms in total. The van der Waals surface area contributed by atoms with E-state index in [1.807, 2.05) is 11.5 Å². The second kappa shape index (κ2) is 5.91. The van der Waals surface area contributed by atoms with Crippen molar-refractivity contribution < 1.29 is 8.42 Å². The van der Waals surface area contributed by atoms with Crippen LogP contribution >= 0.6 is 11.6 Å². The minimum absolute atomic E-state index is 0.333. The van der Waals surface area contributed by atoms with Crippen molar-refractivity contribution in [1.29, 1.82) is 0 Å². The predicted molar refractivity (Wildman–Crippen MR) is 83.0 cm³/mol. The van der Waals surface area contributed by atoms with Gasteiger partial charge in [-0.25, -0.2) is 8.42 Å². The number of alkyl halides is 1. The van der Waals surface area contributed by atoms with E-state index in [9.17, 15) is 8.42 Å². The molecule has 118 valence electrons. The number of hydrogen-bond acceptors (Lipinski definition) is 3. The van der Waals surface area contributed by atoms with E-state index >= 15 is 0 Å². The van der Waals surface area contributed by atoms with Crippen molar-refractivity contribution in [1.82, 2.24) is 13.8 Å². The third kappa shape index (κ3) is 2.74. The van der Waals surface area contributed by atoms with E-state index in [1.54, 1.807) is 16.6 Å². The van der Waals surface area contributed by atoms with Gasteiger partial charge in [0.15, 0.2) is 0 Å². The van der Waals surface area contributed by atoms with Crippen LogP contribution in [0.2, 0.25) is 0 Å². The second-order valence-corrected chi connectivity index (χ2v) is 7.99. The summed E-state index contributed by atoms with van der Waals surface area (Å²) in [4.78, 5) is 2.79. The third-order valence-electron chi connectivity index (χ3n) is 4.63. The molecule has 1 unspecified atom stereocenters. The first-order valence-corrected chi connectivity index (χ1v) is 9.53. The van der Waals surface area contributed by atoms with Crippen LogP contribution in [0.15, 0.2) is 17.2 Å². The van der Waals surface area contributed by atoms with Crippen molar-refractivity contribution in [3.8, 4) is 0 Å². The van der Waals surface area contributed by atoms with Crippen molar-refractivity contribution >= 4 is 21.6 Å². The van der Waals surface area contributed by atoms with Gasteiger partial charge in [0.1, 0.15) is 4.90 Å². The molecule has 1 aromatic heterocycles. The summed E-state index contributed by atoms with van der Waals surface area (Å²) >= 11 is 5.90. The van der Waals surface area contributed by atoms with E-state index in [0.717, 1.165) is 31.7 Å². The summed E-state index contributed by atoms with van der Waals surface area (Å²) in [6, 6.07) is 2.11. The van der Waals surface area contributed by atoms with Crippen LogP contribution in [0.25, 0.3) is 0 Å². The molecular formula is C14H22ClN3O2S. The standard InChI is InChI=1S/C14H22ClN3O2S/c1-2-16-11-14(8-13(16)9-15)21(19,20)18-7-6-17-5-3-4-12(17)10-18/h8,11-12H,2-7,9-10H2,1H3. The maximum Gasteiger partial charge on any atom is 0.244 e. The van der Waals surface area contributed by atoms with Gasteiger partial charge in [0.05, 0.1) is 5.88 Å². The SMILES string of the molecule is CCn1cc(S(=O)(=O)N2CCN3CCCC3C2)cc1CCl. The van der Waals surface area contributed by atoms with Gasteiger partial charge in [-0.1, -0.05) is 0 Å². The quantitative estimate of drug-likeness (QED) is 0.789. The number of fused-ring (bicyclic) bond motifs is 1. The molecule has 2 saturated heterocycles. The summed E-state index contributed by atoms with van der Waals surface area (Å²) in [5, 5.41) is 0. The highest BCUT2D eigenvalue weighted by Gasteiger charge is 2.36. The van der Waals surface area contributed by atoms with Gasteiger partial charge in [-0.05, 0) is 32.4 Å². The average Bonchev–Trinajstić information content (AvgIpc) is 3.12. The number of aromatic nitrogens is 1. The second-order valence-electron chi connectivity index (χ2n) is 5.78.